The molecule has 3 aliphatic heterocycles. The number of hydrogen-bond acceptors (Lipinski definition) is 6. The van der Waals surface area contributed by atoms with E-state index < -0.39 is 0 Å². The van der Waals surface area contributed by atoms with Gasteiger partial charge < -0.3 is 9.64 Å². The first kappa shape index (κ1) is 27.3. The quantitative estimate of drug-likeness (QED) is 0.440. The number of piperazine rings is 1. The summed E-state index contributed by atoms with van der Waals surface area (Å²) in [5.41, 5.74) is 4.02. The van der Waals surface area contributed by atoms with E-state index in [1.165, 1.54) is 10.6 Å². The molecule has 4 rings (SSSR count). The van der Waals surface area contributed by atoms with Crippen LogP contribution in [0.25, 0.3) is 0 Å². The molecule has 6 nitrogen and oxygen atoms in total. The molecule has 0 spiro atoms. The molecule has 2 amide bonds. The zero-order valence-electron chi connectivity index (χ0n) is 22.2. The molecule has 3 heterocycles. The highest BCUT2D eigenvalue weighted by molar-refractivity contribution is 8.02. The van der Waals surface area contributed by atoms with Gasteiger partial charge in [-0.2, -0.15) is 0 Å². The maximum absolute atomic E-state index is 12.6. The molecular weight excluding hydrogens is 482 g/mol. The Bertz CT molecular complexity index is 1080. The van der Waals surface area contributed by atoms with Gasteiger partial charge in [0, 0.05) is 56.0 Å². The number of nitrogens with zero attached hydrogens (tertiary/aromatic N) is 3. The van der Waals surface area contributed by atoms with Gasteiger partial charge in [0.05, 0.1) is 12.3 Å². The van der Waals surface area contributed by atoms with Crippen LogP contribution in [0.5, 0.6) is 5.75 Å². The second-order valence-electron chi connectivity index (χ2n) is 10.0. The second kappa shape index (κ2) is 13.2. The first-order valence-corrected chi connectivity index (χ1v) is 14.4. The summed E-state index contributed by atoms with van der Waals surface area (Å²) in [6.45, 7) is 13.7. The number of imide groups is 1. The van der Waals surface area contributed by atoms with Crippen molar-refractivity contribution in [2.24, 2.45) is 5.92 Å². The molecule has 0 radical (unpaired) electrons. The van der Waals surface area contributed by atoms with Crippen molar-refractivity contribution in [3.63, 3.8) is 0 Å². The summed E-state index contributed by atoms with van der Waals surface area (Å²) in [6.07, 6.45) is 11.7. The monoisotopic (exact) mass is 521 g/mol. The molecular formula is C30H39N3O3S. The van der Waals surface area contributed by atoms with E-state index in [1.54, 1.807) is 11.8 Å². The molecule has 1 saturated heterocycles. The molecule has 0 saturated carbocycles. The van der Waals surface area contributed by atoms with Gasteiger partial charge in [0.2, 0.25) is 11.8 Å². The summed E-state index contributed by atoms with van der Waals surface area (Å²) in [5.74, 6) is 1.20. The number of anilines is 1. The lowest BCUT2D eigenvalue weighted by molar-refractivity contribution is -0.128. The number of allylic oxidation sites excluding steroid dienone is 3. The van der Waals surface area contributed by atoms with Gasteiger partial charge in [0.25, 0.3) is 0 Å². The number of rotatable bonds is 8. The van der Waals surface area contributed by atoms with Crippen LogP contribution in [0.2, 0.25) is 0 Å². The maximum Gasteiger partial charge on any atom is 0.236 e. The number of unbranched alkanes of at least 4 members (excludes halogenated alkanes) is 1. The van der Waals surface area contributed by atoms with Gasteiger partial charge >= 0.3 is 0 Å². The van der Waals surface area contributed by atoms with Crippen molar-refractivity contribution in [3.8, 4) is 5.75 Å². The van der Waals surface area contributed by atoms with E-state index in [0.717, 1.165) is 62.5 Å². The van der Waals surface area contributed by atoms with E-state index in [-0.39, 0.29) is 17.7 Å². The minimum atomic E-state index is -0.231. The molecule has 1 fully saturated rings. The Labute approximate surface area is 225 Å². The van der Waals surface area contributed by atoms with Gasteiger partial charge in [-0.05, 0) is 60.6 Å². The third-order valence-electron chi connectivity index (χ3n) is 7.00. The minimum Gasteiger partial charge on any atom is -0.494 e. The molecule has 0 aromatic heterocycles. The van der Waals surface area contributed by atoms with Crippen molar-refractivity contribution < 1.29 is 14.3 Å². The fraction of sp³-hybridized carbons (Fsp3) is 0.467. The zero-order chi connectivity index (χ0) is 26.2. The molecule has 1 aromatic rings. The van der Waals surface area contributed by atoms with Gasteiger partial charge in [-0.15, -0.1) is 11.8 Å². The van der Waals surface area contributed by atoms with E-state index in [1.807, 2.05) is 32.0 Å². The lowest BCUT2D eigenvalue weighted by Crippen LogP contribution is -2.46. The number of carbonyl (C=O) groups is 2. The molecule has 7 heteroatoms. The highest BCUT2D eigenvalue weighted by Gasteiger charge is 2.31. The Morgan fingerprint density at radius 3 is 2.73 bits per heavy atom. The molecule has 1 aromatic carbocycles. The number of amides is 2. The molecule has 3 aliphatic rings. The summed E-state index contributed by atoms with van der Waals surface area (Å²) in [5, 5.41) is 2.13. The number of carbonyl (C=O) groups excluding carboxylic acids is 2. The number of fused-ring (bicyclic) bond motifs is 1. The fourth-order valence-electron chi connectivity index (χ4n) is 4.84. The van der Waals surface area contributed by atoms with Crippen molar-refractivity contribution in [3.05, 3.63) is 71.3 Å². The first-order chi connectivity index (χ1) is 17.9. The predicted molar refractivity (Wildman–Crippen MR) is 153 cm³/mol. The van der Waals surface area contributed by atoms with Gasteiger partial charge in [-0.25, -0.2) is 4.90 Å². The molecule has 0 atom stereocenters. The molecule has 0 aliphatic carbocycles. The topological polar surface area (TPSA) is 53.1 Å². The third kappa shape index (κ3) is 7.17. The number of aryl methyl sites for hydroxylation is 1. The Kier molecular flexibility index (Phi) is 9.69. The lowest BCUT2D eigenvalue weighted by atomic mass is 9.99. The van der Waals surface area contributed by atoms with E-state index in [0.29, 0.717) is 30.9 Å². The van der Waals surface area contributed by atoms with E-state index in [4.69, 9.17) is 4.74 Å². The van der Waals surface area contributed by atoms with Gasteiger partial charge in [-0.1, -0.05) is 38.6 Å². The average molecular weight is 522 g/mol. The standard InChI is InChI=1S/C30H39N3O3S/c1-23(2)30(35)33-28-22-26(11-9-25(28)10-12-29(33)34)36-19-6-5-14-31-15-17-32(18-16-31)27-8-4-7-20-37-21-13-24(27)3/h4,7-9,11,13,21-23H,3,5-6,10,12,14-20H2,1-2H3/b7-4-,21-13-,27-8?. The van der Waals surface area contributed by atoms with Gasteiger partial charge in [-0.3, -0.25) is 14.5 Å². The Morgan fingerprint density at radius 1 is 1.14 bits per heavy atom. The molecule has 0 N–H and O–H groups in total. The molecule has 37 heavy (non-hydrogen) atoms. The van der Waals surface area contributed by atoms with Crippen molar-refractivity contribution >= 4 is 29.3 Å². The van der Waals surface area contributed by atoms with Crippen LogP contribution < -0.4 is 9.64 Å². The largest absolute Gasteiger partial charge is 0.494 e. The first-order valence-electron chi connectivity index (χ1n) is 13.4. The third-order valence-corrected chi connectivity index (χ3v) is 7.71. The van der Waals surface area contributed by atoms with Crippen LogP contribution in [-0.4, -0.2) is 66.7 Å². The van der Waals surface area contributed by atoms with Crippen LogP contribution in [0.1, 0.15) is 38.7 Å². The summed E-state index contributed by atoms with van der Waals surface area (Å²) in [4.78, 5) is 31.4. The number of benzene rings is 1. The highest BCUT2D eigenvalue weighted by atomic mass is 32.2. The summed E-state index contributed by atoms with van der Waals surface area (Å²) < 4.78 is 6.02. The average Bonchev–Trinajstić information content (AvgIpc) is 3.00. The second-order valence-corrected chi connectivity index (χ2v) is 11.0. The summed E-state index contributed by atoms with van der Waals surface area (Å²) >= 11 is 1.79. The Balaban J connectivity index is 1.21. The number of ether oxygens (including phenoxy) is 1. The van der Waals surface area contributed by atoms with Crippen LogP contribution in [0, 0.1) is 5.92 Å². The highest BCUT2D eigenvalue weighted by Crippen LogP contribution is 2.32. The number of hydrogen-bond donors (Lipinski definition) is 0. The van der Waals surface area contributed by atoms with E-state index >= 15 is 0 Å². The Morgan fingerprint density at radius 2 is 1.95 bits per heavy atom. The van der Waals surface area contributed by atoms with Crippen LogP contribution in [0.4, 0.5) is 5.69 Å². The van der Waals surface area contributed by atoms with Crippen LogP contribution >= 0.6 is 11.8 Å². The summed E-state index contributed by atoms with van der Waals surface area (Å²) in [7, 11) is 0. The van der Waals surface area contributed by atoms with E-state index in [9.17, 15) is 9.59 Å². The summed E-state index contributed by atoms with van der Waals surface area (Å²) in [6, 6.07) is 5.80. The van der Waals surface area contributed by atoms with Crippen molar-refractivity contribution in [1.29, 1.82) is 0 Å². The maximum atomic E-state index is 12.6. The molecule has 0 bridgehead atoms. The van der Waals surface area contributed by atoms with Crippen LogP contribution in [0.15, 0.2) is 65.8 Å². The number of thioether (sulfide) groups is 1. The van der Waals surface area contributed by atoms with Crippen molar-refractivity contribution in [2.45, 2.75) is 39.5 Å². The van der Waals surface area contributed by atoms with Crippen molar-refractivity contribution in [1.82, 2.24) is 9.80 Å². The zero-order valence-corrected chi connectivity index (χ0v) is 23.0. The normalized spacial score (nSPS) is 20.6. The molecule has 198 valence electrons. The predicted octanol–water partition coefficient (Wildman–Crippen LogP) is 5.18. The van der Waals surface area contributed by atoms with Crippen LogP contribution in [0.3, 0.4) is 0 Å². The van der Waals surface area contributed by atoms with Crippen molar-refractivity contribution in [2.75, 3.05) is 50.0 Å². The van der Waals surface area contributed by atoms with Gasteiger partial charge in [0.1, 0.15) is 5.75 Å². The lowest BCUT2D eigenvalue weighted by Gasteiger charge is -2.37. The van der Waals surface area contributed by atoms with Crippen LogP contribution in [-0.2, 0) is 16.0 Å². The molecule has 0 unspecified atom stereocenters. The van der Waals surface area contributed by atoms with Gasteiger partial charge in [0.15, 0.2) is 0 Å². The smallest absolute Gasteiger partial charge is 0.236 e. The fourth-order valence-corrected chi connectivity index (χ4v) is 5.43. The Hall–Kier alpha value is -2.77. The van der Waals surface area contributed by atoms with E-state index in [2.05, 4.69) is 46.1 Å². The minimum absolute atomic E-state index is 0.124. The SMILES string of the molecule is C=C1/C=C\SC/C=C\C=C1N1CCN(CCCCOc2ccc3c(c2)N(C(=O)C(C)C)C(=O)CC3)CC1.